The zero-order valence-electron chi connectivity index (χ0n) is 10.0. The summed E-state index contributed by atoms with van der Waals surface area (Å²) in [6.45, 7) is 5.40. The summed E-state index contributed by atoms with van der Waals surface area (Å²) in [4.78, 5) is 0. The number of halogens is 1. The molecule has 0 aliphatic rings. The van der Waals surface area contributed by atoms with Crippen LogP contribution in [0.1, 0.15) is 25.8 Å². The average molecular weight is 282 g/mol. The Balaban J connectivity index is 2.24. The quantitative estimate of drug-likeness (QED) is 0.615. The molecule has 16 heavy (non-hydrogen) atoms. The van der Waals surface area contributed by atoms with Gasteiger partial charge in [0.15, 0.2) is 0 Å². The first-order chi connectivity index (χ1) is 7.70. The van der Waals surface area contributed by atoms with Gasteiger partial charge < -0.3 is 5.32 Å². The van der Waals surface area contributed by atoms with Crippen LogP contribution in [0.5, 0.6) is 0 Å². The Bertz CT molecular complexity index is 331. The van der Waals surface area contributed by atoms with Crippen LogP contribution >= 0.6 is 15.9 Å². The van der Waals surface area contributed by atoms with E-state index in [1.165, 1.54) is 10.0 Å². The summed E-state index contributed by atoms with van der Waals surface area (Å²) in [5.41, 5.74) is 1.34. The zero-order valence-corrected chi connectivity index (χ0v) is 11.6. The van der Waals surface area contributed by atoms with E-state index in [9.17, 15) is 0 Å². The third-order valence-electron chi connectivity index (χ3n) is 2.33. The fourth-order valence-corrected chi connectivity index (χ4v) is 1.89. The van der Waals surface area contributed by atoms with Crippen molar-refractivity contribution in [1.29, 1.82) is 0 Å². The van der Waals surface area contributed by atoms with Crippen molar-refractivity contribution in [3.05, 3.63) is 46.5 Å². The lowest BCUT2D eigenvalue weighted by atomic mass is 10.1. The summed E-state index contributed by atoms with van der Waals surface area (Å²) in [7, 11) is 0. The maximum absolute atomic E-state index is 3.55. The van der Waals surface area contributed by atoms with Gasteiger partial charge in [0.1, 0.15) is 0 Å². The molecule has 0 atom stereocenters. The van der Waals surface area contributed by atoms with Gasteiger partial charge in [0.25, 0.3) is 0 Å². The van der Waals surface area contributed by atoms with Crippen LogP contribution in [0.3, 0.4) is 0 Å². The van der Waals surface area contributed by atoms with E-state index in [1.807, 2.05) is 6.07 Å². The van der Waals surface area contributed by atoms with Crippen LogP contribution in [0.4, 0.5) is 0 Å². The fourth-order valence-electron chi connectivity index (χ4n) is 1.45. The van der Waals surface area contributed by atoms with Gasteiger partial charge in [-0.3, -0.25) is 0 Å². The lowest BCUT2D eigenvalue weighted by Gasteiger charge is -2.05. The molecule has 1 rings (SSSR count). The third kappa shape index (κ3) is 5.47. The summed E-state index contributed by atoms with van der Waals surface area (Å²) in [5, 5.41) is 3.40. The van der Waals surface area contributed by atoms with Crippen molar-refractivity contribution < 1.29 is 0 Å². The predicted octanol–water partition coefficient (Wildman–Crippen LogP) is 3.94. The van der Waals surface area contributed by atoms with E-state index in [-0.39, 0.29) is 0 Å². The minimum Gasteiger partial charge on any atom is -0.314 e. The summed E-state index contributed by atoms with van der Waals surface area (Å²) >= 11 is 3.55. The van der Waals surface area contributed by atoms with Gasteiger partial charge in [-0.1, -0.05) is 60.1 Å². The standard InChI is InChI=1S/C14H20BrN/c1-12(2)16-11-7-3-4-8-13-9-5-6-10-14(13)15/h3-6,9-10,12,16H,7-8,11H2,1-2H3. The molecular formula is C14H20BrN. The van der Waals surface area contributed by atoms with E-state index >= 15 is 0 Å². The minimum atomic E-state index is 0.580. The molecule has 0 bridgehead atoms. The van der Waals surface area contributed by atoms with Gasteiger partial charge in [-0.25, -0.2) is 0 Å². The third-order valence-corrected chi connectivity index (χ3v) is 3.10. The van der Waals surface area contributed by atoms with Crippen LogP contribution in [0.25, 0.3) is 0 Å². The lowest BCUT2D eigenvalue weighted by Crippen LogP contribution is -2.23. The molecule has 0 amide bonds. The molecular weight excluding hydrogens is 262 g/mol. The maximum atomic E-state index is 3.55. The highest BCUT2D eigenvalue weighted by molar-refractivity contribution is 9.10. The normalized spacial score (nSPS) is 11.5. The summed E-state index contributed by atoms with van der Waals surface area (Å²) in [5.74, 6) is 0. The van der Waals surface area contributed by atoms with Gasteiger partial charge in [-0.15, -0.1) is 0 Å². The molecule has 1 nitrogen and oxygen atoms in total. The van der Waals surface area contributed by atoms with Gasteiger partial charge in [0.05, 0.1) is 0 Å². The van der Waals surface area contributed by atoms with Gasteiger partial charge in [-0.05, 0) is 31.0 Å². The summed E-state index contributed by atoms with van der Waals surface area (Å²) < 4.78 is 1.19. The second-order valence-electron chi connectivity index (χ2n) is 4.16. The molecule has 0 aliphatic heterocycles. The smallest absolute Gasteiger partial charge is 0.0210 e. The second kappa shape index (κ2) is 7.64. The van der Waals surface area contributed by atoms with Crippen LogP contribution in [-0.2, 0) is 6.42 Å². The molecule has 0 heterocycles. The Kier molecular flexibility index (Phi) is 6.43. The topological polar surface area (TPSA) is 12.0 Å². The van der Waals surface area contributed by atoms with Gasteiger partial charge in [0, 0.05) is 10.5 Å². The molecule has 0 fully saturated rings. The Morgan fingerprint density at radius 1 is 1.25 bits per heavy atom. The van der Waals surface area contributed by atoms with Crippen LogP contribution in [0.15, 0.2) is 40.9 Å². The van der Waals surface area contributed by atoms with Gasteiger partial charge in [-0.2, -0.15) is 0 Å². The number of benzene rings is 1. The number of allylic oxidation sites excluding steroid dienone is 1. The van der Waals surface area contributed by atoms with E-state index in [0.29, 0.717) is 6.04 Å². The number of rotatable bonds is 6. The molecule has 0 saturated carbocycles. The highest BCUT2D eigenvalue weighted by Crippen LogP contribution is 2.16. The average Bonchev–Trinajstić information content (AvgIpc) is 2.25. The van der Waals surface area contributed by atoms with Crippen molar-refractivity contribution in [2.45, 2.75) is 32.7 Å². The van der Waals surface area contributed by atoms with Crippen molar-refractivity contribution in [2.24, 2.45) is 0 Å². The molecule has 0 saturated heterocycles. The monoisotopic (exact) mass is 281 g/mol. The van der Waals surface area contributed by atoms with Crippen LogP contribution < -0.4 is 5.32 Å². The highest BCUT2D eigenvalue weighted by atomic mass is 79.9. The molecule has 1 N–H and O–H groups in total. The van der Waals surface area contributed by atoms with E-state index in [0.717, 1.165) is 19.4 Å². The van der Waals surface area contributed by atoms with Crippen LogP contribution in [0, 0.1) is 0 Å². The van der Waals surface area contributed by atoms with Crippen molar-refractivity contribution >= 4 is 15.9 Å². The second-order valence-corrected chi connectivity index (χ2v) is 5.02. The lowest BCUT2D eigenvalue weighted by molar-refractivity contribution is 0.594. The van der Waals surface area contributed by atoms with E-state index in [2.05, 4.69) is 65.4 Å². The first kappa shape index (κ1) is 13.5. The molecule has 0 spiro atoms. The van der Waals surface area contributed by atoms with Crippen LogP contribution in [0.2, 0.25) is 0 Å². The zero-order chi connectivity index (χ0) is 11.8. The molecule has 88 valence electrons. The summed E-state index contributed by atoms with van der Waals surface area (Å²) in [6, 6.07) is 8.94. The van der Waals surface area contributed by atoms with Gasteiger partial charge >= 0.3 is 0 Å². The number of hydrogen-bond donors (Lipinski definition) is 1. The van der Waals surface area contributed by atoms with Crippen molar-refractivity contribution in [3.63, 3.8) is 0 Å². The Hall–Kier alpha value is -0.600. The Labute approximate surface area is 107 Å². The van der Waals surface area contributed by atoms with E-state index in [4.69, 9.17) is 0 Å². The van der Waals surface area contributed by atoms with Crippen molar-refractivity contribution in [2.75, 3.05) is 6.54 Å². The Morgan fingerprint density at radius 2 is 2.00 bits per heavy atom. The predicted molar refractivity (Wildman–Crippen MR) is 74.7 cm³/mol. The SMILES string of the molecule is CC(C)NCCC=CCc1ccccc1Br. The molecule has 2 heteroatoms. The molecule has 0 radical (unpaired) electrons. The van der Waals surface area contributed by atoms with E-state index < -0.39 is 0 Å². The highest BCUT2D eigenvalue weighted by Gasteiger charge is 1.94. The van der Waals surface area contributed by atoms with Gasteiger partial charge in [0.2, 0.25) is 0 Å². The number of nitrogens with one attached hydrogen (secondary N) is 1. The number of hydrogen-bond acceptors (Lipinski definition) is 1. The minimum absolute atomic E-state index is 0.580. The van der Waals surface area contributed by atoms with Crippen molar-refractivity contribution in [3.8, 4) is 0 Å². The Morgan fingerprint density at radius 3 is 2.69 bits per heavy atom. The largest absolute Gasteiger partial charge is 0.314 e. The first-order valence-electron chi connectivity index (χ1n) is 5.82. The van der Waals surface area contributed by atoms with E-state index in [1.54, 1.807) is 0 Å². The van der Waals surface area contributed by atoms with Crippen LogP contribution in [-0.4, -0.2) is 12.6 Å². The molecule has 1 aromatic rings. The fraction of sp³-hybridized carbons (Fsp3) is 0.429. The maximum Gasteiger partial charge on any atom is 0.0210 e. The molecule has 0 aliphatic carbocycles. The summed E-state index contributed by atoms with van der Waals surface area (Å²) in [6.07, 6.45) is 6.59. The van der Waals surface area contributed by atoms with Crippen molar-refractivity contribution in [1.82, 2.24) is 5.32 Å². The molecule has 1 aromatic carbocycles. The molecule has 0 aromatic heterocycles. The molecule has 0 unspecified atom stereocenters. The first-order valence-corrected chi connectivity index (χ1v) is 6.61.